The van der Waals surface area contributed by atoms with Crippen LogP contribution in [0.25, 0.3) is 0 Å². The predicted molar refractivity (Wildman–Crippen MR) is 84.6 cm³/mol. The van der Waals surface area contributed by atoms with Crippen molar-refractivity contribution in [3.63, 3.8) is 0 Å². The SMILES string of the molecule is Cc1cc(C(Cl)C2CCC(C(C)(C)C)CC2)ccc1F. The Balaban J connectivity index is 2.01. The van der Waals surface area contributed by atoms with E-state index < -0.39 is 0 Å². The van der Waals surface area contributed by atoms with Gasteiger partial charge in [0.05, 0.1) is 5.38 Å². The fourth-order valence-electron chi connectivity index (χ4n) is 3.39. The quantitative estimate of drug-likeness (QED) is 0.564. The summed E-state index contributed by atoms with van der Waals surface area (Å²) in [6.07, 6.45) is 4.90. The van der Waals surface area contributed by atoms with Crippen molar-refractivity contribution in [1.29, 1.82) is 0 Å². The van der Waals surface area contributed by atoms with Crippen LogP contribution in [0.3, 0.4) is 0 Å². The predicted octanol–water partition coefficient (Wildman–Crippen LogP) is 6.27. The Bertz CT molecular complexity index is 453. The van der Waals surface area contributed by atoms with Crippen LogP contribution in [0.4, 0.5) is 4.39 Å². The van der Waals surface area contributed by atoms with Gasteiger partial charge in [-0.25, -0.2) is 4.39 Å². The number of aryl methyl sites for hydroxylation is 1. The lowest BCUT2D eigenvalue weighted by Crippen LogP contribution is -2.27. The Morgan fingerprint density at radius 2 is 1.75 bits per heavy atom. The summed E-state index contributed by atoms with van der Waals surface area (Å²) < 4.78 is 13.3. The summed E-state index contributed by atoms with van der Waals surface area (Å²) in [7, 11) is 0. The smallest absolute Gasteiger partial charge is 0.126 e. The first kappa shape index (κ1) is 15.8. The average Bonchev–Trinajstić information content (AvgIpc) is 2.40. The fraction of sp³-hybridized carbons (Fsp3) is 0.667. The highest BCUT2D eigenvalue weighted by atomic mass is 35.5. The summed E-state index contributed by atoms with van der Waals surface area (Å²) >= 11 is 6.65. The van der Waals surface area contributed by atoms with E-state index in [0.717, 1.165) is 11.5 Å². The number of hydrogen-bond acceptors (Lipinski definition) is 0. The maximum Gasteiger partial charge on any atom is 0.126 e. The van der Waals surface area contributed by atoms with E-state index >= 15 is 0 Å². The minimum absolute atomic E-state index is 0.0234. The van der Waals surface area contributed by atoms with Crippen LogP contribution in [-0.4, -0.2) is 0 Å². The van der Waals surface area contributed by atoms with Crippen LogP contribution in [-0.2, 0) is 0 Å². The second-order valence-corrected chi connectivity index (χ2v) is 7.86. The van der Waals surface area contributed by atoms with Gasteiger partial charge < -0.3 is 0 Å². The molecule has 0 saturated heterocycles. The molecule has 0 radical (unpaired) electrons. The molecule has 1 saturated carbocycles. The molecule has 1 aromatic rings. The molecule has 0 aliphatic heterocycles. The van der Waals surface area contributed by atoms with Crippen molar-refractivity contribution < 1.29 is 4.39 Å². The van der Waals surface area contributed by atoms with E-state index in [1.807, 2.05) is 12.1 Å². The Morgan fingerprint density at radius 1 is 1.15 bits per heavy atom. The molecule has 20 heavy (non-hydrogen) atoms. The summed E-state index contributed by atoms with van der Waals surface area (Å²) in [5, 5.41) is 0.0234. The zero-order valence-electron chi connectivity index (χ0n) is 13.0. The van der Waals surface area contributed by atoms with Gasteiger partial charge in [-0.3, -0.25) is 0 Å². The van der Waals surface area contributed by atoms with Gasteiger partial charge in [0.25, 0.3) is 0 Å². The first-order valence-electron chi connectivity index (χ1n) is 7.69. The van der Waals surface area contributed by atoms with Gasteiger partial charge in [0.2, 0.25) is 0 Å². The molecule has 2 heteroatoms. The van der Waals surface area contributed by atoms with E-state index in [0.29, 0.717) is 16.9 Å². The zero-order chi connectivity index (χ0) is 14.9. The minimum atomic E-state index is -0.144. The van der Waals surface area contributed by atoms with E-state index in [4.69, 9.17) is 11.6 Å². The molecule has 0 spiro atoms. The topological polar surface area (TPSA) is 0 Å². The molecule has 0 heterocycles. The normalized spacial score (nSPS) is 25.5. The first-order valence-corrected chi connectivity index (χ1v) is 8.13. The number of benzene rings is 1. The van der Waals surface area contributed by atoms with Gasteiger partial charge in [-0.15, -0.1) is 11.6 Å². The number of hydrogen-bond donors (Lipinski definition) is 0. The minimum Gasteiger partial charge on any atom is -0.207 e. The summed E-state index contributed by atoms with van der Waals surface area (Å²) in [6, 6.07) is 5.29. The lowest BCUT2D eigenvalue weighted by atomic mass is 9.69. The van der Waals surface area contributed by atoms with Crippen LogP contribution in [0.15, 0.2) is 18.2 Å². The van der Waals surface area contributed by atoms with Crippen LogP contribution in [0.5, 0.6) is 0 Å². The van der Waals surface area contributed by atoms with Crippen LogP contribution >= 0.6 is 11.6 Å². The molecule has 0 bridgehead atoms. The second-order valence-electron chi connectivity index (χ2n) is 7.39. The maximum atomic E-state index is 13.3. The zero-order valence-corrected chi connectivity index (χ0v) is 13.8. The molecular weight excluding hydrogens is 271 g/mol. The molecule has 2 rings (SSSR count). The van der Waals surface area contributed by atoms with Crippen LogP contribution in [0.2, 0.25) is 0 Å². The Labute approximate surface area is 127 Å². The van der Waals surface area contributed by atoms with Gasteiger partial charge in [-0.1, -0.05) is 32.9 Å². The van der Waals surface area contributed by atoms with Crippen molar-refractivity contribution >= 4 is 11.6 Å². The number of rotatable bonds is 2. The molecule has 1 atom stereocenters. The molecule has 0 nitrogen and oxygen atoms in total. The van der Waals surface area contributed by atoms with Crippen molar-refractivity contribution in [3.8, 4) is 0 Å². The lowest BCUT2D eigenvalue weighted by molar-refractivity contribution is 0.148. The maximum absolute atomic E-state index is 13.3. The molecule has 0 aromatic heterocycles. The van der Waals surface area contributed by atoms with Gasteiger partial charge in [-0.05, 0) is 67.1 Å². The Kier molecular flexibility index (Phi) is 4.79. The van der Waals surface area contributed by atoms with E-state index in [-0.39, 0.29) is 11.2 Å². The summed E-state index contributed by atoms with van der Waals surface area (Å²) in [4.78, 5) is 0. The Morgan fingerprint density at radius 3 is 2.25 bits per heavy atom. The first-order chi connectivity index (χ1) is 9.29. The molecule has 1 unspecified atom stereocenters. The molecule has 0 N–H and O–H groups in total. The fourth-order valence-corrected chi connectivity index (χ4v) is 3.78. The highest BCUT2D eigenvalue weighted by molar-refractivity contribution is 6.21. The van der Waals surface area contributed by atoms with Crippen molar-refractivity contribution in [2.75, 3.05) is 0 Å². The van der Waals surface area contributed by atoms with Gasteiger partial charge >= 0.3 is 0 Å². The third-order valence-corrected chi connectivity index (χ3v) is 5.52. The molecular formula is C18H26ClF. The van der Waals surface area contributed by atoms with E-state index in [9.17, 15) is 4.39 Å². The molecule has 1 fully saturated rings. The van der Waals surface area contributed by atoms with Crippen LogP contribution < -0.4 is 0 Å². The van der Waals surface area contributed by atoms with Gasteiger partial charge in [-0.2, -0.15) is 0 Å². The van der Waals surface area contributed by atoms with Gasteiger partial charge in [0, 0.05) is 0 Å². The lowest BCUT2D eigenvalue weighted by Gasteiger charge is -2.38. The van der Waals surface area contributed by atoms with Gasteiger partial charge in [0.15, 0.2) is 0 Å². The van der Waals surface area contributed by atoms with Crippen LogP contribution in [0, 0.1) is 30.0 Å². The van der Waals surface area contributed by atoms with E-state index in [1.54, 1.807) is 13.0 Å². The summed E-state index contributed by atoms with van der Waals surface area (Å²) in [5.41, 5.74) is 2.17. The molecule has 1 aliphatic carbocycles. The van der Waals surface area contributed by atoms with Crippen molar-refractivity contribution in [2.45, 2.75) is 58.8 Å². The third kappa shape index (κ3) is 3.55. The van der Waals surface area contributed by atoms with Crippen LogP contribution in [0.1, 0.15) is 63.0 Å². The monoisotopic (exact) mass is 296 g/mol. The largest absolute Gasteiger partial charge is 0.207 e. The number of alkyl halides is 1. The second kappa shape index (κ2) is 6.05. The van der Waals surface area contributed by atoms with Crippen molar-refractivity contribution in [3.05, 3.63) is 35.1 Å². The molecule has 0 amide bonds. The highest BCUT2D eigenvalue weighted by Gasteiger charge is 2.32. The van der Waals surface area contributed by atoms with E-state index in [2.05, 4.69) is 20.8 Å². The van der Waals surface area contributed by atoms with Gasteiger partial charge in [0.1, 0.15) is 5.82 Å². The van der Waals surface area contributed by atoms with Crippen molar-refractivity contribution in [2.24, 2.45) is 17.3 Å². The average molecular weight is 297 g/mol. The Hall–Kier alpha value is -0.560. The highest BCUT2D eigenvalue weighted by Crippen LogP contribution is 2.45. The standard InChI is InChI=1S/C18H26ClF/c1-12-11-14(7-10-16(12)20)17(19)13-5-8-15(9-6-13)18(2,3)4/h7,10-11,13,15,17H,5-6,8-9H2,1-4H3. The molecule has 1 aliphatic rings. The summed E-state index contributed by atoms with van der Waals surface area (Å²) in [6.45, 7) is 8.80. The molecule has 112 valence electrons. The van der Waals surface area contributed by atoms with Crippen molar-refractivity contribution in [1.82, 2.24) is 0 Å². The summed E-state index contributed by atoms with van der Waals surface area (Å²) in [5.74, 6) is 1.19. The number of halogens is 2. The third-order valence-electron chi connectivity index (χ3n) is 4.91. The van der Waals surface area contributed by atoms with E-state index in [1.165, 1.54) is 25.7 Å². The molecule has 1 aromatic carbocycles.